The number of carbonyl (C=O) groups is 1. The molecule has 0 saturated heterocycles. The van der Waals surface area contributed by atoms with Crippen molar-refractivity contribution in [2.24, 2.45) is 0 Å². The van der Waals surface area contributed by atoms with Gasteiger partial charge in [-0.15, -0.1) is 0 Å². The van der Waals surface area contributed by atoms with E-state index in [1.807, 2.05) is 0 Å². The molecule has 0 aliphatic rings. The summed E-state index contributed by atoms with van der Waals surface area (Å²) in [6.45, 7) is 0. The van der Waals surface area contributed by atoms with E-state index in [0.29, 0.717) is 16.8 Å². The second kappa shape index (κ2) is 6.20. The molecule has 20 heavy (non-hydrogen) atoms. The van der Waals surface area contributed by atoms with Crippen molar-refractivity contribution < 1.29 is 13.9 Å². The van der Waals surface area contributed by atoms with Gasteiger partial charge in [0.05, 0.1) is 24.2 Å². The summed E-state index contributed by atoms with van der Waals surface area (Å²) in [5, 5.41) is 0.237. The fraction of sp³-hybridized carbons (Fsp3) is 0.143. The predicted octanol–water partition coefficient (Wildman–Crippen LogP) is 3.91. The monoisotopic (exact) mass is 313 g/mol. The molecule has 0 unspecified atom stereocenters. The van der Waals surface area contributed by atoms with Gasteiger partial charge in [-0.3, -0.25) is 4.79 Å². The average molecular weight is 314 g/mol. The van der Waals surface area contributed by atoms with Crippen LogP contribution in [0.4, 0.5) is 4.39 Å². The Labute approximate surface area is 125 Å². The first-order valence-electron chi connectivity index (χ1n) is 5.68. The summed E-state index contributed by atoms with van der Waals surface area (Å²) in [4.78, 5) is 15.4. The molecule has 1 heterocycles. The summed E-state index contributed by atoms with van der Waals surface area (Å²) in [7, 11) is 1.31. The zero-order chi connectivity index (χ0) is 14.7. The highest BCUT2D eigenvalue weighted by atomic mass is 35.5. The maximum Gasteiger partial charge on any atom is 0.309 e. The van der Waals surface area contributed by atoms with Crippen molar-refractivity contribution in [3.8, 4) is 11.3 Å². The van der Waals surface area contributed by atoms with Gasteiger partial charge in [0.1, 0.15) is 11.0 Å². The Morgan fingerprint density at radius 1 is 1.30 bits per heavy atom. The summed E-state index contributed by atoms with van der Waals surface area (Å²) in [5.74, 6) is -0.886. The smallest absolute Gasteiger partial charge is 0.309 e. The second-order valence-corrected chi connectivity index (χ2v) is 4.86. The number of hydrogen-bond donors (Lipinski definition) is 0. The van der Waals surface area contributed by atoms with Gasteiger partial charge in [0.15, 0.2) is 0 Å². The zero-order valence-corrected chi connectivity index (χ0v) is 12.0. The van der Waals surface area contributed by atoms with Gasteiger partial charge in [-0.25, -0.2) is 9.37 Å². The maximum absolute atomic E-state index is 13.2. The predicted molar refractivity (Wildman–Crippen MR) is 75.4 cm³/mol. The first kappa shape index (κ1) is 14.8. The molecule has 0 amide bonds. The van der Waals surface area contributed by atoms with Crippen LogP contribution < -0.4 is 0 Å². The summed E-state index contributed by atoms with van der Waals surface area (Å²) in [6, 6.07) is 7.51. The van der Waals surface area contributed by atoms with E-state index in [0.717, 1.165) is 0 Å². The number of aromatic nitrogens is 1. The summed E-state index contributed by atoms with van der Waals surface area (Å²) in [6.07, 6.45) is 0.0840. The Morgan fingerprint density at radius 2 is 2.05 bits per heavy atom. The molecule has 0 saturated carbocycles. The highest BCUT2D eigenvalue weighted by Crippen LogP contribution is 2.26. The van der Waals surface area contributed by atoms with Crippen molar-refractivity contribution in [1.29, 1.82) is 0 Å². The van der Waals surface area contributed by atoms with Gasteiger partial charge in [0.25, 0.3) is 0 Å². The molecule has 0 bridgehead atoms. The first-order chi connectivity index (χ1) is 9.49. The van der Waals surface area contributed by atoms with Gasteiger partial charge >= 0.3 is 5.97 Å². The minimum atomic E-state index is -0.507. The molecule has 0 N–H and O–H groups in total. The van der Waals surface area contributed by atoms with Crippen molar-refractivity contribution in [1.82, 2.24) is 4.98 Å². The molecule has 3 nitrogen and oxygen atoms in total. The van der Waals surface area contributed by atoms with Crippen LogP contribution in [0.15, 0.2) is 30.3 Å². The van der Waals surface area contributed by atoms with Gasteiger partial charge in [0.2, 0.25) is 0 Å². The van der Waals surface area contributed by atoms with E-state index >= 15 is 0 Å². The molecule has 0 spiro atoms. The van der Waals surface area contributed by atoms with Crippen molar-refractivity contribution in [3.05, 3.63) is 51.9 Å². The number of rotatable bonds is 3. The molecule has 0 aliphatic heterocycles. The standard InChI is InChI=1S/C14H10Cl2FNO2/c1-20-14(19)6-8-4-12(18-13(16)5-8)9-2-3-11(17)10(15)7-9/h2-5,7H,6H2,1H3. The van der Waals surface area contributed by atoms with E-state index in [2.05, 4.69) is 9.72 Å². The van der Waals surface area contributed by atoms with Crippen molar-refractivity contribution in [2.75, 3.05) is 7.11 Å². The number of methoxy groups -OCH3 is 1. The van der Waals surface area contributed by atoms with Crippen LogP contribution in [0.1, 0.15) is 5.56 Å². The largest absolute Gasteiger partial charge is 0.469 e. The van der Waals surface area contributed by atoms with Crippen LogP contribution in [0, 0.1) is 5.82 Å². The van der Waals surface area contributed by atoms with E-state index in [1.54, 1.807) is 18.2 Å². The van der Waals surface area contributed by atoms with E-state index < -0.39 is 5.82 Å². The van der Waals surface area contributed by atoms with Gasteiger partial charge in [-0.2, -0.15) is 0 Å². The van der Waals surface area contributed by atoms with Crippen molar-refractivity contribution in [3.63, 3.8) is 0 Å². The van der Waals surface area contributed by atoms with Crippen molar-refractivity contribution >= 4 is 29.2 Å². The van der Waals surface area contributed by atoms with E-state index in [1.165, 1.54) is 19.2 Å². The van der Waals surface area contributed by atoms with Crippen LogP contribution in [0.5, 0.6) is 0 Å². The molecule has 2 aromatic rings. The lowest BCUT2D eigenvalue weighted by Crippen LogP contribution is -2.05. The van der Waals surface area contributed by atoms with Crippen LogP contribution >= 0.6 is 23.2 Å². The summed E-state index contributed by atoms with van der Waals surface area (Å²) < 4.78 is 17.8. The Hall–Kier alpha value is -1.65. The number of benzene rings is 1. The fourth-order valence-electron chi connectivity index (χ4n) is 1.69. The van der Waals surface area contributed by atoms with Crippen LogP contribution in [0.3, 0.4) is 0 Å². The third-order valence-electron chi connectivity index (χ3n) is 2.65. The van der Waals surface area contributed by atoms with Gasteiger partial charge < -0.3 is 4.74 Å². The normalized spacial score (nSPS) is 10.4. The number of esters is 1. The Balaban J connectivity index is 2.40. The van der Waals surface area contributed by atoms with E-state index in [-0.39, 0.29) is 22.6 Å². The molecule has 0 aliphatic carbocycles. The quantitative estimate of drug-likeness (QED) is 0.637. The SMILES string of the molecule is COC(=O)Cc1cc(Cl)nc(-c2ccc(F)c(Cl)c2)c1. The molecule has 6 heteroatoms. The molecule has 0 fully saturated rings. The lowest BCUT2D eigenvalue weighted by molar-refractivity contribution is -0.139. The van der Waals surface area contributed by atoms with Gasteiger partial charge in [0, 0.05) is 5.56 Å². The summed E-state index contributed by atoms with van der Waals surface area (Å²) in [5.41, 5.74) is 1.79. The number of pyridine rings is 1. The number of ether oxygens (including phenoxy) is 1. The topological polar surface area (TPSA) is 39.2 Å². The van der Waals surface area contributed by atoms with Gasteiger partial charge in [-0.05, 0) is 35.9 Å². The molecule has 0 radical (unpaired) electrons. The highest BCUT2D eigenvalue weighted by Gasteiger charge is 2.09. The second-order valence-electron chi connectivity index (χ2n) is 4.07. The fourth-order valence-corrected chi connectivity index (χ4v) is 2.11. The molecule has 1 aromatic heterocycles. The maximum atomic E-state index is 13.2. The molecule has 104 valence electrons. The molecule has 2 rings (SSSR count). The molecular formula is C14H10Cl2FNO2. The minimum Gasteiger partial charge on any atom is -0.469 e. The van der Waals surface area contributed by atoms with Crippen LogP contribution in [0.25, 0.3) is 11.3 Å². The third kappa shape index (κ3) is 3.46. The lowest BCUT2D eigenvalue weighted by atomic mass is 10.1. The number of hydrogen-bond acceptors (Lipinski definition) is 3. The molecule has 1 aromatic carbocycles. The Bertz CT molecular complexity index is 662. The number of nitrogens with zero attached hydrogens (tertiary/aromatic N) is 1. The highest BCUT2D eigenvalue weighted by molar-refractivity contribution is 6.31. The van der Waals surface area contributed by atoms with Crippen LogP contribution in [0.2, 0.25) is 10.2 Å². The van der Waals surface area contributed by atoms with Crippen LogP contribution in [-0.2, 0) is 16.0 Å². The third-order valence-corrected chi connectivity index (χ3v) is 3.13. The Morgan fingerprint density at radius 3 is 2.70 bits per heavy atom. The lowest BCUT2D eigenvalue weighted by Gasteiger charge is -2.06. The van der Waals surface area contributed by atoms with Crippen molar-refractivity contribution in [2.45, 2.75) is 6.42 Å². The van der Waals surface area contributed by atoms with E-state index in [9.17, 15) is 9.18 Å². The first-order valence-corrected chi connectivity index (χ1v) is 6.44. The van der Waals surface area contributed by atoms with Gasteiger partial charge in [-0.1, -0.05) is 23.2 Å². The summed E-state index contributed by atoms with van der Waals surface area (Å²) >= 11 is 11.7. The Kier molecular flexibility index (Phi) is 4.57. The average Bonchev–Trinajstić information content (AvgIpc) is 2.41. The molecule has 0 atom stereocenters. The number of halogens is 3. The minimum absolute atomic E-state index is 0.00112. The zero-order valence-electron chi connectivity index (χ0n) is 10.5. The number of carbonyl (C=O) groups excluding carboxylic acids is 1. The van der Waals surface area contributed by atoms with Crippen LogP contribution in [-0.4, -0.2) is 18.1 Å². The van der Waals surface area contributed by atoms with E-state index in [4.69, 9.17) is 23.2 Å². The molecular weight excluding hydrogens is 304 g/mol.